The van der Waals surface area contributed by atoms with E-state index >= 15 is 0 Å². The maximum atomic E-state index is 12.4. The van der Waals surface area contributed by atoms with E-state index in [1.165, 1.54) is 33.6 Å². The van der Waals surface area contributed by atoms with Gasteiger partial charge in [-0.05, 0) is 30.5 Å². The molecule has 0 radical (unpaired) electrons. The predicted octanol–water partition coefficient (Wildman–Crippen LogP) is 4.57. The number of hydrogen-bond donors (Lipinski definition) is 1. The third kappa shape index (κ3) is 3.84. The van der Waals surface area contributed by atoms with E-state index in [0.717, 1.165) is 16.1 Å². The first-order valence-corrected chi connectivity index (χ1v) is 10.5. The van der Waals surface area contributed by atoms with Gasteiger partial charge in [-0.3, -0.25) is 14.2 Å². The molecule has 142 valence electrons. The van der Waals surface area contributed by atoms with Crippen LogP contribution in [0.4, 0.5) is 5.13 Å². The topological polar surface area (TPSA) is 76.9 Å². The summed E-state index contributed by atoms with van der Waals surface area (Å²) >= 11 is 8.77. The standard InChI is InChI=1S/C19H15ClN4O2S2/c1-11-16(12-2-4-13(20)5-3-12)23-19(28-11)22-15(25)6-8-24-10-21-17-14(18(24)26)7-9-27-17/h2-5,7,9-10H,6,8H2,1H3,(H,22,23,25). The van der Waals surface area contributed by atoms with Crippen LogP contribution in [0.2, 0.25) is 5.02 Å². The van der Waals surface area contributed by atoms with E-state index in [9.17, 15) is 9.59 Å². The molecule has 0 unspecified atom stereocenters. The molecule has 0 aliphatic heterocycles. The van der Waals surface area contributed by atoms with Crippen molar-refractivity contribution in [2.75, 3.05) is 5.32 Å². The van der Waals surface area contributed by atoms with Crippen molar-refractivity contribution in [3.8, 4) is 11.3 Å². The summed E-state index contributed by atoms with van der Waals surface area (Å²) in [5, 5.41) is 6.42. The normalized spacial score (nSPS) is 11.1. The number of hydrogen-bond acceptors (Lipinski definition) is 6. The second-order valence-corrected chi connectivity index (χ2v) is 8.65. The van der Waals surface area contributed by atoms with Gasteiger partial charge in [0.25, 0.3) is 5.56 Å². The minimum atomic E-state index is -0.200. The summed E-state index contributed by atoms with van der Waals surface area (Å²) in [5.74, 6) is -0.200. The highest BCUT2D eigenvalue weighted by molar-refractivity contribution is 7.16. The quantitative estimate of drug-likeness (QED) is 0.503. The number of amides is 1. The molecule has 0 saturated heterocycles. The van der Waals surface area contributed by atoms with Gasteiger partial charge in [0.05, 0.1) is 17.4 Å². The summed E-state index contributed by atoms with van der Waals surface area (Å²) in [6, 6.07) is 9.17. The lowest BCUT2D eigenvalue weighted by Gasteiger charge is -2.05. The summed E-state index contributed by atoms with van der Waals surface area (Å²) in [7, 11) is 0. The Labute approximate surface area is 173 Å². The van der Waals surface area contributed by atoms with Crippen LogP contribution in [0.25, 0.3) is 21.5 Å². The zero-order valence-electron chi connectivity index (χ0n) is 14.8. The number of thiophene rings is 1. The molecular formula is C19H15ClN4O2S2. The van der Waals surface area contributed by atoms with Crippen LogP contribution >= 0.6 is 34.3 Å². The zero-order valence-corrected chi connectivity index (χ0v) is 17.2. The van der Waals surface area contributed by atoms with Crippen LogP contribution < -0.4 is 10.9 Å². The van der Waals surface area contributed by atoms with Crippen molar-refractivity contribution in [1.82, 2.24) is 14.5 Å². The van der Waals surface area contributed by atoms with Crippen molar-refractivity contribution < 1.29 is 4.79 Å². The molecule has 0 aliphatic rings. The van der Waals surface area contributed by atoms with Gasteiger partial charge in [-0.1, -0.05) is 23.7 Å². The Bertz CT molecular complexity index is 1210. The van der Waals surface area contributed by atoms with Gasteiger partial charge >= 0.3 is 0 Å². The minimum Gasteiger partial charge on any atom is -0.302 e. The fraction of sp³-hybridized carbons (Fsp3) is 0.158. The molecule has 1 amide bonds. The first-order valence-electron chi connectivity index (χ1n) is 8.47. The Morgan fingerprint density at radius 3 is 2.82 bits per heavy atom. The fourth-order valence-electron chi connectivity index (χ4n) is 2.78. The van der Waals surface area contributed by atoms with Gasteiger partial charge in [-0.15, -0.1) is 22.7 Å². The van der Waals surface area contributed by atoms with Crippen molar-refractivity contribution in [1.29, 1.82) is 0 Å². The number of carbonyl (C=O) groups is 1. The number of nitrogens with zero attached hydrogens (tertiary/aromatic N) is 3. The molecule has 0 aliphatic carbocycles. The van der Waals surface area contributed by atoms with Crippen molar-refractivity contribution >= 4 is 55.5 Å². The van der Waals surface area contributed by atoms with Crippen molar-refractivity contribution in [3.63, 3.8) is 0 Å². The van der Waals surface area contributed by atoms with E-state index in [2.05, 4.69) is 15.3 Å². The number of aromatic nitrogens is 3. The van der Waals surface area contributed by atoms with Crippen LogP contribution in [-0.4, -0.2) is 20.4 Å². The Morgan fingerprint density at radius 1 is 1.25 bits per heavy atom. The number of carbonyl (C=O) groups excluding carboxylic acids is 1. The first kappa shape index (κ1) is 18.8. The number of aryl methyl sites for hydroxylation is 2. The van der Waals surface area contributed by atoms with Gasteiger partial charge in [0.1, 0.15) is 4.83 Å². The molecule has 4 rings (SSSR count). The molecule has 0 fully saturated rings. The van der Waals surface area contributed by atoms with Crippen LogP contribution in [0, 0.1) is 6.92 Å². The monoisotopic (exact) mass is 430 g/mol. The summed E-state index contributed by atoms with van der Waals surface area (Å²) in [6.45, 7) is 2.22. The van der Waals surface area contributed by atoms with Crippen molar-refractivity contribution in [3.05, 3.63) is 62.3 Å². The van der Waals surface area contributed by atoms with E-state index in [1.54, 1.807) is 6.07 Å². The highest BCUT2D eigenvalue weighted by Crippen LogP contribution is 2.31. The number of benzene rings is 1. The van der Waals surface area contributed by atoms with E-state index in [-0.39, 0.29) is 24.4 Å². The number of fused-ring (bicyclic) bond motifs is 1. The lowest BCUT2D eigenvalue weighted by Crippen LogP contribution is -2.23. The van der Waals surface area contributed by atoms with Crippen molar-refractivity contribution in [2.24, 2.45) is 0 Å². The predicted molar refractivity (Wildman–Crippen MR) is 114 cm³/mol. The maximum Gasteiger partial charge on any atom is 0.262 e. The Balaban J connectivity index is 1.43. The number of halogens is 1. The third-order valence-electron chi connectivity index (χ3n) is 4.19. The van der Waals surface area contributed by atoms with Crippen LogP contribution in [0.5, 0.6) is 0 Å². The zero-order chi connectivity index (χ0) is 19.7. The molecule has 1 N–H and O–H groups in total. The van der Waals surface area contributed by atoms with Crippen LogP contribution in [0.1, 0.15) is 11.3 Å². The molecule has 3 aromatic heterocycles. The second-order valence-electron chi connectivity index (χ2n) is 6.11. The van der Waals surface area contributed by atoms with Gasteiger partial charge in [0.2, 0.25) is 5.91 Å². The van der Waals surface area contributed by atoms with E-state index in [1.807, 2.05) is 36.6 Å². The number of nitrogens with one attached hydrogen (secondary N) is 1. The maximum absolute atomic E-state index is 12.4. The molecule has 3 heterocycles. The average molecular weight is 431 g/mol. The largest absolute Gasteiger partial charge is 0.302 e. The molecule has 4 aromatic rings. The Kier molecular flexibility index (Phi) is 5.25. The first-order chi connectivity index (χ1) is 13.5. The number of rotatable bonds is 5. The van der Waals surface area contributed by atoms with Crippen LogP contribution in [-0.2, 0) is 11.3 Å². The minimum absolute atomic E-state index is 0.130. The number of anilines is 1. The van der Waals surface area contributed by atoms with E-state index < -0.39 is 0 Å². The molecule has 0 atom stereocenters. The smallest absolute Gasteiger partial charge is 0.262 e. The van der Waals surface area contributed by atoms with Crippen LogP contribution in [0.15, 0.2) is 46.8 Å². The lowest BCUT2D eigenvalue weighted by atomic mass is 10.1. The average Bonchev–Trinajstić information content (AvgIpc) is 3.29. The summed E-state index contributed by atoms with van der Waals surface area (Å²) in [6.07, 6.45) is 1.65. The molecule has 28 heavy (non-hydrogen) atoms. The molecule has 0 saturated carbocycles. The molecule has 9 heteroatoms. The van der Waals surface area contributed by atoms with Gasteiger partial charge in [0, 0.05) is 28.4 Å². The van der Waals surface area contributed by atoms with Gasteiger partial charge < -0.3 is 5.32 Å². The third-order valence-corrected chi connectivity index (χ3v) is 6.15. The molecular weight excluding hydrogens is 416 g/mol. The Morgan fingerprint density at radius 2 is 2.04 bits per heavy atom. The fourth-order valence-corrected chi connectivity index (χ4v) is 4.48. The molecule has 0 spiro atoms. The van der Waals surface area contributed by atoms with E-state index in [0.29, 0.717) is 20.4 Å². The summed E-state index contributed by atoms with van der Waals surface area (Å²) < 4.78 is 1.46. The highest BCUT2D eigenvalue weighted by Gasteiger charge is 2.13. The SMILES string of the molecule is Cc1sc(NC(=O)CCn2cnc3sccc3c2=O)nc1-c1ccc(Cl)cc1. The molecule has 0 bridgehead atoms. The number of thiazole rings is 1. The van der Waals surface area contributed by atoms with Crippen LogP contribution in [0.3, 0.4) is 0 Å². The van der Waals surface area contributed by atoms with Gasteiger partial charge in [0.15, 0.2) is 5.13 Å². The Hall–Kier alpha value is -2.55. The van der Waals surface area contributed by atoms with Gasteiger partial charge in [-0.25, -0.2) is 9.97 Å². The second kappa shape index (κ2) is 7.83. The molecule has 6 nitrogen and oxygen atoms in total. The van der Waals surface area contributed by atoms with Gasteiger partial charge in [-0.2, -0.15) is 0 Å². The highest BCUT2D eigenvalue weighted by atomic mass is 35.5. The lowest BCUT2D eigenvalue weighted by molar-refractivity contribution is -0.116. The summed E-state index contributed by atoms with van der Waals surface area (Å²) in [4.78, 5) is 35.2. The van der Waals surface area contributed by atoms with E-state index in [4.69, 9.17) is 11.6 Å². The van der Waals surface area contributed by atoms with Crippen molar-refractivity contribution in [2.45, 2.75) is 19.9 Å². The molecule has 1 aromatic carbocycles. The summed E-state index contributed by atoms with van der Waals surface area (Å²) in [5.41, 5.74) is 1.63.